The number of halogens is 4. The second-order valence-corrected chi connectivity index (χ2v) is 26.6. The molecule has 10 aromatic rings. The van der Waals surface area contributed by atoms with E-state index in [2.05, 4.69) is 345 Å². The third kappa shape index (κ3) is 10.3. The fourth-order valence-electron chi connectivity index (χ4n) is 9.11. The topological polar surface area (TPSA) is 27.7 Å². The Hall–Kier alpha value is -5.00. The summed E-state index contributed by atoms with van der Waals surface area (Å²) in [6, 6.07) is 89.5. The zero-order valence-electron chi connectivity index (χ0n) is 37.0. The molecule has 0 atom stereocenters. The molecule has 0 N–H and O–H groups in total. The van der Waals surface area contributed by atoms with E-state index in [1.54, 1.807) is 0 Å². The summed E-state index contributed by atoms with van der Waals surface area (Å²) in [6.45, 7) is 0. The van der Waals surface area contributed by atoms with Crippen molar-refractivity contribution < 1.29 is 14.8 Å². The Morgan fingerprint density at radius 3 is 0.681 bits per heavy atom. The Bertz CT molecular complexity index is 3080. The molecule has 0 spiro atoms. The first-order chi connectivity index (χ1) is 33.8. The summed E-state index contributed by atoms with van der Waals surface area (Å²) in [7, 11) is 0. The van der Waals surface area contributed by atoms with Crippen LogP contribution in [0.3, 0.4) is 0 Å². The summed E-state index contributed by atoms with van der Waals surface area (Å²) >= 11 is 9.46. The zero-order chi connectivity index (χ0) is 47.2. The third-order valence-corrected chi connectivity index (χ3v) is 15.1. The lowest BCUT2D eigenvalue weighted by Gasteiger charge is -2.31. The summed E-state index contributed by atoms with van der Waals surface area (Å²) in [4.78, 5) is 13.3. The van der Waals surface area contributed by atoms with Crippen LogP contribution in [0.5, 0.6) is 0 Å². The highest BCUT2D eigenvalue weighted by molar-refractivity contribution is 14.2. The highest BCUT2D eigenvalue weighted by Crippen LogP contribution is 2.57. The first-order valence-corrected chi connectivity index (χ1v) is 26.8. The lowest BCUT2D eigenvalue weighted by Crippen LogP contribution is -2.22. The molecule has 0 fully saturated rings. The van der Waals surface area contributed by atoms with Gasteiger partial charge in [0.1, 0.15) is 0 Å². The standard InChI is InChI=1S/C62H42I4O3/c63-61(64,53-41-51(43-25-9-1-10-26-43)55(45-29-13-3-14-30-45)59(49-37-21-7-22-38-49)57(53)47-33-17-5-18-34-47)67-69-68-62(65,66)54-42-52(44-27-11-2-12-28-44)56(46-31-15-4-16-32-46)60(50-39-23-8-24-40-50)58(54)48-35-19-6-20-36-48/h1-42H. The van der Waals surface area contributed by atoms with Crippen LogP contribution in [0.15, 0.2) is 255 Å². The van der Waals surface area contributed by atoms with Gasteiger partial charge in [-0.3, -0.25) is 0 Å². The van der Waals surface area contributed by atoms with Crippen LogP contribution >= 0.6 is 90.4 Å². The Morgan fingerprint density at radius 2 is 0.435 bits per heavy atom. The minimum atomic E-state index is -1.11. The highest BCUT2D eigenvalue weighted by atomic mass is 127. The Morgan fingerprint density at radius 1 is 0.232 bits per heavy atom. The molecule has 336 valence electrons. The summed E-state index contributed by atoms with van der Waals surface area (Å²) in [5.41, 5.74) is 19.2. The van der Waals surface area contributed by atoms with Gasteiger partial charge in [-0.2, -0.15) is 9.78 Å². The van der Waals surface area contributed by atoms with Crippen molar-refractivity contribution in [1.82, 2.24) is 0 Å². The first kappa shape index (κ1) is 47.7. The predicted octanol–water partition coefficient (Wildman–Crippen LogP) is 19.6. The first-order valence-electron chi connectivity index (χ1n) is 22.4. The molecule has 0 amide bonds. The van der Waals surface area contributed by atoms with Gasteiger partial charge in [0.15, 0.2) is 0 Å². The summed E-state index contributed by atoms with van der Waals surface area (Å²) in [6.07, 6.45) is 0. The van der Waals surface area contributed by atoms with E-state index in [1.807, 2.05) is 0 Å². The number of hydrogen-bond acceptors (Lipinski definition) is 3. The summed E-state index contributed by atoms with van der Waals surface area (Å²) < 4.78 is -2.23. The van der Waals surface area contributed by atoms with Crippen LogP contribution < -0.4 is 0 Å². The van der Waals surface area contributed by atoms with Crippen LogP contribution in [0.4, 0.5) is 0 Å². The van der Waals surface area contributed by atoms with E-state index < -0.39 is 3.23 Å². The van der Waals surface area contributed by atoms with E-state index in [0.717, 1.165) is 100 Å². The molecule has 0 unspecified atom stereocenters. The Labute approximate surface area is 458 Å². The fraction of sp³-hybridized carbons (Fsp3) is 0.0323. The fourth-order valence-corrected chi connectivity index (χ4v) is 11.1. The maximum Gasteiger partial charge on any atom is 0.232 e. The summed E-state index contributed by atoms with van der Waals surface area (Å²) in [5, 5.41) is 6.24. The number of benzene rings is 10. The van der Waals surface area contributed by atoms with Crippen LogP contribution in [0, 0.1) is 0 Å². The zero-order valence-corrected chi connectivity index (χ0v) is 45.6. The maximum absolute atomic E-state index is 6.67. The Balaban J connectivity index is 1.15. The molecule has 69 heavy (non-hydrogen) atoms. The van der Waals surface area contributed by atoms with Gasteiger partial charge in [-0.05, 0) is 192 Å². The van der Waals surface area contributed by atoms with Crippen molar-refractivity contribution in [2.24, 2.45) is 0 Å². The van der Waals surface area contributed by atoms with Crippen molar-refractivity contribution >= 4 is 90.4 Å². The molecule has 0 saturated heterocycles. The smallest absolute Gasteiger partial charge is 0.173 e. The van der Waals surface area contributed by atoms with Crippen molar-refractivity contribution in [3.63, 3.8) is 0 Å². The van der Waals surface area contributed by atoms with Gasteiger partial charge in [0.2, 0.25) is 3.23 Å². The van der Waals surface area contributed by atoms with Gasteiger partial charge in [-0.15, -0.1) is 0 Å². The van der Waals surface area contributed by atoms with Crippen LogP contribution in [0.1, 0.15) is 11.1 Å². The van der Waals surface area contributed by atoms with Gasteiger partial charge in [-0.25, -0.2) is 0 Å². The monoisotopic (exact) mass is 1340 g/mol. The highest BCUT2D eigenvalue weighted by Gasteiger charge is 2.39. The van der Waals surface area contributed by atoms with Gasteiger partial charge in [0, 0.05) is 11.1 Å². The van der Waals surface area contributed by atoms with E-state index in [-0.39, 0.29) is 0 Å². The molecule has 0 aliphatic carbocycles. The molecule has 0 aliphatic rings. The molecule has 0 aliphatic heterocycles. The molecule has 0 heterocycles. The van der Waals surface area contributed by atoms with Gasteiger partial charge < -0.3 is 0 Å². The molecular formula is C62H42I4O3. The molecule has 0 radical (unpaired) electrons. The number of hydrogen-bond donors (Lipinski definition) is 0. The van der Waals surface area contributed by atoms with Crippen LogP contribution in [0.25, 0.3) is 89.0 Å². The number of alkyl halides is 4. The van der Waals surface area contributed by atoms with Crippen LogP contribution in [-0.4, -0.2) is 0 Å². The summed E-state index contributed by atoms with van der Waals surface area (Å²) in [5.74, 6) is 0. The van der Waals surface area contributed by atoms with Crippen molar-refractivity contribution in [1.29, 1.82) is 0 Å². The van der Waals surface area contributed by atoms with E-state index >= 15 is 0 Å². The quantitative estimate of drug-likeness (QED) is 0.0470. The van der Waals surface area contributed by atoms with E-state index in [9.17, 15) is 0 Å². The predicted molar refractivity (Wildman–Crippen MR) is 319 cm³/mol. The normalized spacial score (nSPS) is 11.7. The number of rotatable bonds is 14. The van der Waals surface area contributed by atoms with Crippen molar-refractivity contribution in [3.05, 3.63) is 266 Å². The van der Waals surface area contributed by atoms with E-state index in [1.165, 1.54) is 0 Å². The Kier molecular flexibility index (Phi) is 14.9. The van der Waals surface area contributed by atoms with E-state index in [0.29, 0.717) is 0 Å². The SMILES string of the molecule is IC(I)(OOOC(I)(I)c1cc(-c2ccccc2)c(-c2ccccc2)c(-c2ccccc2)c1-c1ccccc1)c1cc(-c2ccccc2)c(-c2ccccc2)c(-c2ccccc2)c1-c1ccccc1. The van der Waals surface area contributed by atoms with E-state index in [4.69, 9.17) is 14.8 Å². The molecule has 10 rings (SSSR count). The van der Waals surface area contributed by atoms with Gasteiger partial charge in [0.05, 0.1) is 0 Å². The average molecular weight is 1340 g/mol. The minimum absolute atomic E-state index is 0.915. The van der Waals surface area contributed by atoms with Crippen molar-refractivity contribution in [3.8, 4) is 89.0 Å². The molecule has 10 aromatic carbocycles. The second kappa shape index (κ2) is 21.6. The van der Waals surface area contributed by atoms with Crippen molar-refractivity contribution in [2.75, 3.05) is 0 Å². The van der Waals surface area contributed by atoms with Crippen LogP contribution in [-0.2, 0) is 18.0 Å². The molecule has 7 heteroatoms. The maximum atomic E-state index is 6.67. The van der Waals surface area contributed by atoms with Crippen LogP contribution in [0.2, 0.25) is 0 Å². The molecule has 0 bridgehead atoms. The minimum Gasteiger partial charge on any atom is -0.173 e. The third-order valence-electron chi connectivity index (χ3n) is 12.1. The van der Waals surface area contributed by atoms with Gasteiger partial charge in [0.25, 0.3) is 0 Å². The average Bonchev–Trinajstić information content (AvgIpc) is 3.41. The molecule has 0 aromatic heterocycles. The van der Waals surface area contributed by atoms with Gasteiger partial charge >= 0.3 is 0 Å². The lowest BCUT2D eigenvalue weighted by atomic mass is 9.80. The second-order valence-electron chi connectivity index (χ2n) is 16.4. The lowest BCUT2D eigenvalue weighted by molar-refractivity contribution is -0.526. The molecular weight excluding hydrogens is 1300 g/mol. The molecule has 0 saturated carbocycles. The largest absolute Gasteiger partial charge is 0.232 e. The molecule has 3 nitrogen and oxygen atoms in total. The van der Waals surface area contributed by atoms with Gasteiger partial charge in [-0.1, -0.05) is 248 Å². The van der Waals surface area contributed by atoms with Crippen molar-refractivity contribution in [2.45, 2.75) is 3.23 Å².